The van der Waals surface area contributed by atoms with Crippen LogP contribution in [0.4, 0.5) is 0 Å². The largest absolute Gasteiger partial charge is 0.357 e. The van der Waals surface area contributed by atoms with E-state index in [0.29, 0.717) is 25.9 Å². The van der Waals surface area contributed by atoms with Gasteiger partial charge in [0, 0.05) is 51.6 Å². The molecule has 2 aliphatic heterocycles. The Morgan fingerprint density at radius 2 is 2.00 bits per heavy atom. The molecule has 3 rings (SSSR count). The molecule has 0 aromatic heterocycles. The van der Waals surface area contributed by atoms with Crippen LogP contribution < -0.4 is 16.0 Å². The number of piperidine rings is 1. The number of rotatable bonds is 6. The minimum atomic E-state index is 0. The lowest BCUT2D eigenvalue weighted by Crippen LogP contribution is -2.51. The van der Waals surface area contributed by atoms with E-state index in [2.05, 4.69) is 33.1 Å². The predicted octanol–water partition coefficient (Wildman–Crippen LogP) is 1.76. The number of carbonyl (C=O) groups excluding carboxylic acids is 2. The third-order valence-electron chi connectivity index (χ3n) is 4.96. The second kappa shape index (κ2) is 11.2. The SMILES string of the molecule is CCNC(=NCCCC(=O)N1Cc2ccccc2C1)NC1CCC(=O)NC1.I. The average Bonchev–Trinajstić information content (AvgIpc) is 3.11. The van der Waals surface area contributed by atoms with Gasteiger partial charge in [0.15, 0.2) is 5.96 Å². The summed E-state index contributed by atoms with van der Waals surface area (Å²) in [5, 5.41) is 9.45. The van der Waals surface area contributed by atoms with Gasteiger partial charge in [0.25, 0.3) is 0 Å². The second-order valence-corrected chi connectivity index (χ2v) is 7.07. The Hall–Kier alpha value is -1.84. The van der Waals surface area contributed by atoms with Crippen molar-refractivity contribution >= 4 is 41.8 Å². The monoisotopic (exact) mass is 499 g/mol. The van der Waals surface area contributed by atoms with E-state index in [0.717, 1.165) is 38.4 Å². The third-order valence-corrected chi connectivity index (χ3v) is 4.96. The number of guanidine groups is 1. The van der Waals surface area contributed by atoms with E-state index in [1.54, 1.807) is 0 Å². The summed E-state index contributed by atoms with van der Waals surface area (Å²) in [5.41, 5.74) is 2.50. The zero-order valence-corrected chi connectivity index (χ0v) is 18.7. The summed E-state index contributed by atoms with van der Waals surface area (Å²) < 4.78 is 0. The van der Waals surface area contributed by atoms with Gasteiger partial charge in [-0.2, -0.15) is 0 Å². The molecule has 1 aromatic carbocycles. The van der Waals surface area contributed by atoms with E-state index in [-0.39, 0.29) is 41.8 Å². The smallest absolute Gasteiger partial charge is 0.223 e. The van der Waals surface area contributed by atoms with Crippen LogP contribution in [0.5, 0.6) is 0 Å². The highest BCUT2D eigenvalue weighted by Crippen LogP contribution is 2.22. The molecule has 0 aliphatic carbocycles. The van der Waals surface area contributed by atoms with Crippen LogP contribution in [0.1, 0.15) is 43.7 Å². The lowest BCUT2D eigenvalue weighted by molar-refractivity contribution is -0.131. The number of aliphatic imine (C=N–C) groups is 1. The molecule has 1 atom stereocenters. The van der Waals surface area contributed by atoms with Crippen LogP contribution >= 0.6 is 24.0 Å². The van der Waals surface area contributed by atoms with Crippen LogP contribution in [0.25, 0.3) is 0 Å². The number of amides is 2. The van der Waals surface area contributed by atoms with E-state index < -0.39 is 0 Å². The third kappa shape index (κ3) is 6.35. The number of carbonyl (C=O) groups is 2. The Labute approximate surface area is 183 Å². The summed E-state index contributed by atoms with van der Waals surface area (Å²) in [6.07, 6.45) is 2.59. The van der Waals surface area contributed by atoms with Crippen molar-refractivity contribution in [2.45, 2.75) is 51.7 Å². The molecule has 0 bridgehead atoms. The fourth-order valence-electron chi connectivity index (χ4n) is 3.46. The predicted molar refractivity (Wildman–Crippen MR) is 120 cm³/mol. The summed E-state index contributed by atoms with van der Waals surface area (Å²) >= 11 is 0. The lowest BCUT2D eigenvalue weighted by Gasteiger charge is -2.25. The minimum Gasteiger partial charge on any atom is -0.357 e. The molecular weight excluding hydrogens is 469 g/mol. The highest BCUT2D eigenvalue weighted by molar-refractivity contribution is 14.0. The van der Waals surface area contributed by atoms with Gasteiger partial charge in [-0.3, -0.25) is 14.6 Å². The summed E-state index contributed by atoms with van der Waals surface area (Å²) in [4.78, 5) is 30.2. The molecule has 8 heteroatoms. The maximum atomic E-state index is 12.4. The number of fused-ring (bicyclic) bond motifs is 1. The standard InChI is InChI=1S/C20H29N5O2.HI/c1-2-21-20(24-17-9-10-18(26)23-12-17)22-11-5-8-19(27)25-13-15-6-3-4-7-16(15)14-25;/h3-4,6-7,17H,2,5,8-14H2,1H3,(H,23,26)(H2,21,22,24);1H. The quantitative estimate of drug-likeness (QED) is 0.241. The molecule has 1 fully saturated rings. The summed E-state index contributed by atoms with van der Waals surface area (Å²) in [6, 6.07) is 8.43. The van der Waals surface area contributed by atoms with Crippen molar-refractivity contribution in [3.05, 3.63) is 35.4 Å². The zero-order chi connectivity index (χ0) is 19.1. The summed E-state index contributed by atoms with van der Waals surface area (Å²) in [7, 11) is 0. The van der Waals surface area contributed by atoms with Gasteiger partial charge in [-0.1, -0.05) is 24.3 Å². The van der Waals surface area contributed by atoms with E-state index in [4.69, 9.17) is 0 Å². The Balaban J connectivity index is 0.00000280. The van der Waals surface area contributed by atoms with Crippen molar-refractivity contribution in [2.75, 3.05) is 19.6 Å². The fourth-order valence-corrected chi connectivity index (χ4v) is 3.46. The van der Waals surface area contributed by atoms with Crippen LogP contribution in [0, 0.1) is 0 Å². The molecule has 2 aliphatic rings. The van der Waals surface area contributed by atoms with Crippen molar-refractivity contribution in [3.8, 4) is 0 Å². The van der Waals surface area contributed by atoms with Gasteiger partial charge >= 0.3 is 0 Å². The number of hydrogen-bond acceptors (Lipinski definition) is 3. The Kier molecular flexibility index (Phi) is 9.01. The van der Waals surface area contributed by atoms with Crippen molar-refractivity contribution in [3.63, 3.8) is 0 Å². The lowest BCUT2D eigenvalue weighted by atomic mass is 10.1. The maximum Gasteiger partial charge on any atom is 0.223 e. The van der Waals surface area contributed by atoms with Gasteiger partial charge in [-0.05, 0) is 30.9 Å². The van der Waals surface area contributed by atoms with Gasteiger partial charge in [0.2, 0.25) is 11.8 Å². The average molecular weight is 499 g/mol. The molecule has 7 nitrogen and oxygen atoms in total. The number of nitrogens with zero attached hydrogens (tertiary/aromatic N) is 2. The van der Waals surface area contributed by atoms with Gasteiger partial charge in [-0.25, -0.2) is 0 Å². The van der Waals surface area contributed by atoms with E-state index in [1.807, 2.05) is 24.0 Å². The highest BCUT2D eigenvalue weighted by atomic mass is 127. The Morgan fingerprint density at radius 3 is 2.61 bits per heavy atom. The molecule has 1 aromatic rings. The van der Waals surface area contributed by atoms with Crippen LogP contribution in [-0.2, 0) is 22.7 Å². The number of benzene rings is 1. The number of halogens is 1. The normalized spacial score (nSPS) is 18.8. The second-order valence-electron chi connectivity index (χ2n) is 7.07. The molecule has 2 heterocycles. The molecule has 1 saturated heterocycles. The molecule has 0 radical (unpaired) electrons. The van der Waals surface area contributed by atoms with E-state index in [9.17, 15) is 9.59 Å². The summed E-state index contributed by atoms with van der Waals surface area (Å²) in [6.45, 7) is 5.45. The van der Waals surface area contributed by atoms with Crippen LogP contribution in [0.15, 0.2) is 29.3 Å². The zero-order valence-electron chi connectivity index (χ0n) is 16.4. The first-order valence-corrected chi connectivity index (χ1v) is 9.82. The topological polar surface area (TPSA) is 85.8 Å². The molecule has 1 unspecified atom stereocenters. The van der Waals surface area contributed by atoms with Crippen molar-refractivity contribution in [1.82, 2.24) is 20.9 Å². The fraction of sp³-hybridized carbons (Fsp3) is 0.550. The molecule has 0 saturated carbocycles. The maximum absolute atomic E-state index is 12.4. The Morgan fingerprint density at radius 1 is 1.29 bits per heavy atom. The van der Waals surface area contributed by atoms with Crippen molar-refractivity contribution in [1.29, 1.82) is 0 Å². The molecule has 3 N–H and O–H groups in total. The first kappa shape index (κ1) is 22.4. The van der Waals surface area contributed by atoms with Crippen molar-refractivity contribution < 1.29 is 9.59 Å². The molecule has 0 spiro atoms. The van der Waals surface area contributed by atoms with Gasteiger partial charge in [0.1, 0.15) is 0 Å². The molecule has 28 heavy (non-hydrogen) atoms. The van der Waals surface area contributed by atoms with Gasteiger partial charge in [0.05, 0.1) is 0 Å². The van der Waals surface area contributed by atoms with E-state index in [1.165, 1.54) is 11.1 Å². The van der Waals surface area contributed by atoms with Gasteiger partial charge in [-0.15, -0.1) is 24.0 Å². The first-order chi connectivity index (χ1) is 13.2. The van der Waals surface area contributed by atoms with Gasteiger partial charge < -0.3 is 20.9 Å². The van der Waals surface area contributed by atoms with Crippen LogP contribution in [-0.4, -0.2) is 48.3 Å². The minimum absolute atomic E-state index is 0. The van der Waals surface area contributed by atoms with Crippen LogP contribution in [0.3, 0.4) is 0 Å². The highest BCUT2D eigenvalue weighted by Gasteiger charge is 2.22. The van der Waals surface area contributed by atoms with Crippen LogP contribution in [0.2, 0.25) is 0 Å². The number of nitrogens with one attached hydrogen (secondary N) is 3. The van der Waals surface area contributed by atoms with Crippen molar-refractivity contribution in [2.24, 2.45) is 4.99 Å². The summed E-state index contributed by atoms with van der Waals surface area (Å²) in [5.74, 6) is 1.05. The first-order valence-electron chi connectivity index (χ1n) is 9.82. The number of hydrogen-bond donors (Lipinski definition) is 3. The van der Waals surface area contributed by atoms with E-state index >= 15 is 0 Å². The molecule has 154 valence electrons. The Bertz CT molecular complexity index is 675. The molecule has 2 amide bonds. The molecular formula is C20H30IN5O2.